The van der Waals surface area contributed by atoms with E-state index in [1.165, 1.54) is 16.2 Å². The van der Waals surface area contributed by atoms with E-state index in [1.807, 2.05) is 0 Å². The molecule has 2 atom stereocenters. The van der Waals surface area contributed by atoms with Crippen molar-refractivity contribution in [1.82, 2.24) is 4.98 Å². The molecule has 0 spiro atoms. The van der Waals surface area contributed by atoms with Crippen LogP contribution in [0, 0.1) is 11.8 Å². The molecule has 0 N–H and O–H groups in total. The summed E-state index contributed by atoms with van der Waals surface area (Å²) >= 11 is 4.61. The predicted octanol–water partition coefficient (Wildman–Crippen LogP) is 2.20. The van der Waals surface area contributed by atoms with Crippen LogP contribution in [0.15, 0.2) is 9.98 Å². The Bertz CT molecular complexity index is 451. The molecule has 2 aliphatic rings. The lowest BCUT2D eigenvalue weighted by molar-refractivity contribution is -0.132. The molecule has 2 unspecified atom stereocenters. The molecule has 0 radical (unpaired) electrons. The average molecular weight is 301 g/mol. The van der Waals surface area contributed by atoms with Crippen LogP contribution in [0.5, 0.6) is 0 Å². The Kier molecular flexibility index (Phi) is 2.36. The Hall–Kier alpha value is -0.750. The number of piperidine rings is 1. The van der Waals surface area contributed by atoms with Gasteiger partial charge in [-0.05, 0) is 35.2 Å². The largest absolute Gasteiger partial charge is 0.274 e. The molecule has 2 bridgehead atoms. The second-order valence-electron chi connectivity index (χ2n) is 4.17. The van der Waals surface area contributed by atoms with E-state index in [0.29, 0.717) is 5.13 Å². The van der Waals surface area contributed by atoms with Crippen molar-refractivity contribution in [3.8, 4) is 0 Å². The summed E-state index contributed by atoms with van der Waals surface area (Å²) in [6, 6.07) is 0. The van der Waals surface area contributed by atoms with Gasteiger partial charge in [-0.1, -0.05) is 11.3 Å². The first-order chi connectivity index (χ1) is 7.66. The molecule has 1 saturated carbocycles. The SMILES string of the molecule is O=C1C2CCC(C2)C(=O)N1c1ncc(Br)s1. The number of thiazole rings is 1. The number of hydrogen-bond donors (Lipinski definition) is 0. The quantitative estimate of drug-likeness (QED) is 0.747. The summed E-state index contributed by atoms with van der Waals surface area (Å²) < 4.78 is 0.834. The molecule has 4 nitrogen and oxygen atoms in total. The molecule has 2 amide bonds. The van der Waals surface area contributed by atoms with Crippen molar-refractivity contribution in [2.75, 3.05) is 4.90 Å². The summed E-state index contributed by atoms with van der Waals surface area (Å²) in [5.74, 6) is -0.0723. The molecular formula is C10H9BrN2O2S. The van der Waals surface area contributed by atoms with E-state index in [1.54, 1.807) is 6.20 Å². The second-order valence-corrected chi connectivity index (χ2v) is 6.55. The van der Waals surface area contributed by atoms with Crippen LogP contribution in [0.1, 0.15) is 19.3 Å². The average Bonchev–Trinajstić information content (AvgIpc) is 2.84. The zero-order valence-electron chi connectivity index (χ0n) is 8.35. The van der Waals surface area contributed by atoms with E-state index in [4.69, 9.17) is 0 Å². The van der Waals surface area contributed by atoms with Gasteiger partial charge in [0.05, 0.1) is 9.98 Å². The maximum Gasteiger partial charge on any atom is 0.238 e. The molecule has 2 fully saturated rings. The van der Waals surface area contributed by atoms with E-state index in [-0.39, 0.29) is 23.7 Å². The van der Waals surface area contributed by atoms with Gasteiger partial charge in [-0.2, -0.15) is 0 Å². The number of amides is 2. The number of imide groups is 1. The van der Waals surface area contributed by atoms with Crippen molar-refractivity contribution >= 4 is 44.2 Å². The second kappa shape index (κ2) is 3.63. The highest BCUT2D eigenvalue weighted by Crippen LogP contribution is 2.41. The summed E-state index contributed by atoms with van der Waals surface area (Å²) in [6.45, 7) is 0. The van der Waals surface area contributed by atoms with Crippen LogP contribution in [-0.4, -0.2) is 16.8 Å². The highest BCUT2D eigenvalue weighted by molar-refractivity contribution is 9.11. The zero-order valence-corrected chi connectivity index (χ0v) is 10.8. The number of carbonyl (C=O) groups excluding carboxylic acids is 2. The topological polar surface area (TPSA) is 50.3 Å². The minimum absolute atomic E-state index is 0.0328. The van der Waals surface area contributed by atoms with Gasteiger partial charge in [-0.25, -0.2) is 9.88 Å². The van der Waals surface area contributed by atoms with E-state index < -0.39 is 0 Å². The molecule has 1 aromatic rings. The van der Waals surface area contributed by atoms with Gasteiger partial charge in [0.15, 0.2) is 5.13 Å². The lowest BCUT2D eigenvalue weighted by Gasteiger charge is -2.27. The number of carbonyl (C=O) groups is 2. The molecule has 84 valence electrons. The molecular weight excluding hydrogens is 292 g/mol. The van der Waals surface area contributed by atoms with E-state index in [2.05, 4.69) is 20.9 Å². The summed E-state index contributed by atoms with van der Waals surface area (Å²) in [5, 5.41) is 0.499. The third-order valence-electron chi connectivity index (χ3n) is 3.23. The van der Waals surface area contributed by atoms with Gasteiger partial charge in [0.1, 0.15) is 0 Å². The normalized spacial score (nSPS) is 28.9. The summed E-state index contributed by atoms with van der Waals surface area (Å²) in [4.78, 5) is 29.5. The van der Waals surface area contributed by atoms with Gasteiger partial charge < -0.3 is 0 Å². The number of anilines is 1. The van der Waals surface area contributed by atoms with Gasteiger partial charge in [-0.15, -0.1) is 0 Å². The fourth-order valence-electron chi connectivity index (χ4n) is 2.44. The van der Waals surface area contributed by atoms with E-state index in [0.717, 1.165) is 23.0 Å². The fraction of sp³-hybridized carbons (Fsp3) is 0.500. The number of rotatable bonds is 1. The van der Waals surface area contributed by atoms with Gasteiger partial charge in [-0.3, -0.25) is 9.59 Å². The Morgan fingerprint density at radius 3 is 2.44 bits per heavy atom. The molecule has 1 aliphatic carbocycles. The number of nitrogens with zero attached hydrogens (tertiary/aromatic N) is 2. The first kappa shape index (κ1) is 10.4. The minimum atomic E-state index is -0.0689. The van der Waals surface area contributed by atoms with Crippen molar-refractivity contribution in [2.24, 2.45) is 11.8 Å². The maximum atomic E-state index is 12.1. The highest BCUT2D eigenvalue weighted by atomic mass is 79.9. The number of halogens is 1. The smallest absolute Gasteiger partial charge is 0.238 e. The van der Waals surface area contributed by atoms with E-state index in [9.17, 15) is 9.59 Å². The van der Waals surface area contributed by atoms with Crippen LogP contribution in [-0.2, 0) is 9.59 Å². The lowest BCUT2D eigenvalue weighted by Crippen LogP contribution is -2.46. The molecule has 2 heterocycles. The van der Waals surface area contributed by atoms with E-state index >= 15 is 0 Å². The van der Waals surface area contributed by atoms with Crippen LogP contribution >= 0.6 is 27.3 Å². The van der Waals surface area contributed by atoms with Crippen LogP contribution in [0.2, 0.25) is 0 Å². The Labute approximate surface area is 105 Å². The fourth-order valence-corrected chi connectivity index (χ4v) is 3.63. The zero-order chi connectivity index (χ0) is 11.3. The van der Waals surface area contributed by atoms with Gasteiger partial charge >= 0.3 is 0 Å². The van der Waals surface area contributed by atoms with Crippen LogP contribution in [0.4, 0.5) is 5.13 Å². The van der Waals surface area contributed by atoms with Crippen molar-refractivity contribution in [3.05, 3.63) is 9.98 Å². The molecule has 16 heavy (non-hydrogen) atoms. The first-order valence-corrected chi connectivity index (χ1v) is 6.77. The van der Waals surface area contributed by atoms with Crippen LogP contribution in [0.25, 0.3) is 0 Å². The molecule has 6 heteroatoms. The first-order valence-electron chi connectivity index (χ1n) is 5.16. The van der Waals surface area contributed by atoms with Crippen molar-refractivity contribution in [3.63, 3.8) is 0 Å². The molecule has 1 saturated heterocycles. The van der Waals surface area contributed by atoms with Crippen LogP contribution < -0.4 is 4.90 Å². The Balaban J connectivity index is 2.00. The van der Waals surface area contributed by atoms with Gasteiger partial charge in [0, 0.05) is 11.8 Å². The number of fused-ring (bicyclic) bond motifs is 2. The van der Waals surface area contributed by atoms with Gasteiger partial charge in [0.2, 0.25) is 11.8 Å². The van der Waals surface area contributed by atoms with Crippen molar-refractivity contribution in [1.29, 1.82) is 0 Å². The molecule has 3 rings (SSSR count). The highest BCUT2D eigenvalue weighted by Gasteiger charge is 2.46. The van der Waals surface area contributed by atoms with Gasteiger partial charge in [0.25, 0.3) is 0 Å². The molecule has 1 aliphatic heterocycles. The molecule has 1 aromatic heterocycles. The number of aromatic nitrogens is 1. The molecule has 0 aromatic carbocycles. The third-order valence-corrected chi connectivity index (χ3v) is 4.69. The predicted molar refractivity (Wildman–Crippen MR) is 63.1 cm³/mol. The summed E-state index contributed by atoms with van der Waals surface area (Å²) in [7, 11) is 0. The Morgan fingerprint density at radius 2 is 1.94 bits per heavy atom. The maximum absolute atomic E-state index is 12.1. The standard InChI is InChI=1S/C10H9BrN2O2S/c11-7-4-12-10(16-7)13-8(14)5-1-2-6(3-5)9(13)15/h4-6H,1-3H2. The number of hydrogen-bond acceptors (Lipinski definition) is 4. The van der Waals surface area contributed by atoms with Crippen LogP contribution in [0.3, 0.4) is 0 Å². The Morgan fingerprint density at radius 1 is 1.31 bits per heavy atom. The van der Waals surface area contributed by atoms with Crippen molar-refractivity contribution < 1.29 is 9.59 Å². The monoisotopic (exact) mass is 300 g/mol. The lowest BCUT2D eigenvalue weighted by atomic mass is 9.98. The minimum Gasteiger partial charge on any atom is -0.274 e. The summed E-state index contributed by atoms with van der Waals surface area (Å²) in [6.07, 6.45) is 4.05. The third kappa shape index (κ3) is 1.43. The van der Waals surface area contributed by atoms with Crippen molar-refractivity contribution in [2.45, 2.75) is 19.3 Å². The summed E-state index contributed by atoms with van der Waals surface area (Å²) in [5.41, 5.74) is 0.